The van der Waals surface area contributed by atoms with Gasteiger partial charge in [-0.25, -0.2) is 0 Å². The molecule has 6 fully saturated rings. The van der Waals surface area contributed by atoms with Gasteiger partial charge >= 0.3 is 0 Å². The van der Waals surface area contributed by atoms with Crippen LogP contribution in [0.3, 0.4) is 0 Å². The van der Waals surface area contributed by atoms with E-state index in [1.807, 2.05) is 126 Å². The Hall–Kier alpha value is -13.4. The number of likely N-dealkylation sites (tertiary alicyclic amines) is 5. The Bertz CT molecular complexity index is 6360. The van der Waals surface area contributed by atoms with E-state index < -0.39 is 0 Å². The lowest BCUT2D eigenvalue weighted by Crippen LogP contribution is -2.45. The summed E-state index contributed by atoms with van der Waals surface area (Å²) in [6, 6.07) is 73.5. The molecule has 9 aromatic carbocycles. The van der Waals surface area contributed by atoms with Gasteiger partial charge in [0, 0.05) is 106 Å². The van der Waals surface area contributed by atoms with E-state index in [1.165, 1.54) is 55.6 Å². The molecule has 131 heavy (non-hydrogen) atoms. The summed E-state index contributed by atoms with van der Waals surface area (Å²) in [6.07, 6.45) is 13.8. The van der Waals surface area contributed by atoms with Crippen molar-refractivity contribution < 1.29 is 75.4 Å². The van der Waals surface area contributed by atoms with Gasteiger partial charge in [0.1, 0.15) is 37.4 Å². The summed E-state index contributed by atoms with van der Waals surface area (Å²) < 4.78 is 65.0. The van der Waals surface area contributed by atoms with Gasteiger partial charge in [-0.05, 0) is 212 Å². The number of carbonyl (C=O) groups is 5. The summed E-state index contributed by atoms with van der Waals surface area (Å²) in [7, 11) is 1.62. The van der Waals surface area contributed by atoms with Crippen molar-refractivity contribution in [2.45, 2.75) is 144 Å². The fraction of sp³-hybridized carbons (Fsp3) is 0.346. The normalized spacial score (nSPS) is 19.1. The number of amides is 5. The molecule has 11 aliphatic heterocycles. The Morgan fingerprint density at radius 3 is 1.18 bits per heavy atom. The molecule has 12 aliphatic rings. The van der Waals surface area contributed by atoms with E-state index in [0.29, 0.717) is 169 Å². The molecule has 0 radical (unpaired) electrons. The SMILES string of the molecule is COc1ccc(-c2cc(C(=O)N3CCC4(CC3)OCc3ccccc34)no2)cc1.O=C(c1cc(C2CC2)on1)N1CCC2(CC1)OCc1ccccc12.O=C(c1ccc(-n2cnnc2)cc1)N1CCC2(CC1)OCc1ccccc12.O=C(c1ccc2c(c1)OCCO2)N1CCC2(CC1)OCc1ccccc12.O=C(c1noc2ccccc12)N1CCC2(CC1)OCc1ccccc12. The van der Waals surface area contributed by atoms with Crippen LogP contribution in [0, 0.1) is 0 Å². The van der Waals surface area contributed by atoms with Crippen LogP contribution in [0.2, 0.25) is 0 Å². The van der Waals surface area contributed by atoms with Crippen LogP contribution in [0.4, 0.5) is 0 Å². The Morgan fingerprint density at radius 1 is 0.359 bits per heavy atom. The fourth-order valence-electron chi connectivity index (χ4n) is 20.7. The molecular weight excluding hydrogens is 1660 g/mol. The number of hydrogen-bond acceptors (Lipinski definition) is 21. The molecule has 4 aromatic heterocycles. The van der Waals surface area contributed by atoms with Gasteiger partial charge < -0.3 is 76.0 Å². The van der Waals surface area contributed by atoms with Crippen LogP contribution in [0.1, 0.15) is 197 Å². The molecule has 15 heterocycles. The van der Waals surface area contributed by atoms with Gasteiger partial charge in [-0.3, -0.25) is 28.5 Å². The van der Waals surface area contributed by atoms with E-state index >= 15 is 0 Å². The van der Waals surface area contributed by atoms with E-state index in [1.54, 1.807) is 31.9 Å². The number of aromatic nitrogens is 6. The molecule has 5 amide bonds. The topological polar surface area (TPSA) is 284 Å². The van der Waals surface area contributed by atoms with Crippen molar-refractivity contribution in [1.29, 1.82) is 0 Å². The predicted molar refractivity (Wildman–Crippen MR) is 480 cm³/mol. The quantitative estimate of drug-likeness (QED) is 0.130. The van der Waals surface area contributed by atoms with Crippen molar-refractivity contribution in [1.82, 2.24) is 54.7 Å². The third-order valence-electron chi connectivity index (χ3n) is 28.4. The zero-order valence-electron chi connectivity index (χ0n) is 73.1. The molecule has 0 unspecified atom stereocenters. The first-order chi connectivity index (χ1) is 64.2. The Balaban J connectivity index is 0.0000000990. The number of carbonyl (C=O) groups excluding carboxylic acids is 5. The van der Waals surface area contributed by atoms with Crippen LogP contribution in [0.25, 0.3) is 28.0 Å². The molecule has 668 valence electrons. The van der Waals surface area contributed by atoms with Crippen molar-refractivity contribution in [3.63, 3.8) is 0 Å². The molecule has 0 N–H and O–H groups in total. The Kier molecular flexibility index (Phi) is 23.1. The first-order valence-corrected chi connectivity index (χ1v) is 45.6. The van der Waals surface area contributed by atoms with Crippen LogP contribution in [-0.4, -0.2) is 170 Å². The minimum Gasteiger partial charge on any atom is -0.497 e. The first kappa shape index (κ1) is 84.4. The van der Waals surface area contributed by atoms with E-state index in [2.05, 4.69) is 141 Å². The van der Waals surface area contributed by atoms with Crippen LogP contribution in [0.15, 0.2) is 251 Å². The number of fused-ring (bicyclic) bond motifs is 12. The summed E-state index contributed by atoms with van der Waals surface area (Å²) in [4.78, 5) is 73.7. The Morgan fingerprint density at radius 2 is 0.740 bits per heavy atom. The van der Waals surface area contributed by atoms with E-state index in [9.17, 15) is 24.0 Å². The minimum absolute atomic E-state index is 0.0215. The molecule has 1 saturated carbocycles. The summed E-state index contributed by atoms with van der Waals surface area (Å²) in [5.41, 5.74) is 16.6. The summed E-state index contributed by atoms with van der Waals surface area (Å²) in [5.74, 6) is 3.97. The summed E-state index contributed by atoms with van der Waals surface area (Å²) in [6.45, 7) is 11.2. The van der Waals surface area contributed by atoms with E-state index in [4.69, 9.17) is 51.5 Å². The largest absolute Gasteiger partial charge is 0.497 e. The number of methoxy groups -OCH3 is 1. The van der Waals surface area contributed by atoms with Crippen molar-refractivity contribution in [3.05, 3.63) is 327 Å². The van der Waals surface area contributed by atoms with Gasteiger partial charge in [0.05, 0.1) is 73.5 Å². The average Bonchev–Trinajstić information content (AvgIpc) is 1.62. The zero-order valence-corrected chi connectivity index (χ0v) is 73.1. The van der Waals surface area contributed by atoms with Crippen molar-refractivity contribution in [2.24, 2.45) is 0 Å². The van der Waals surface area contributed by atoms with Gasteiger partial charge in [0.25, 0.3) is 29.5 Å². The van der Waals surface area contributed by atoms with Gasteiger partial charge in [-0.15, -0.1) is 10.2 Å². The highest BCUT2D eigenvalue weighted by atomic mass is 16.6. The second kappa shape index (κ2) is 35.8. The number of benzene rings is 9. The van der Waals surface area contributed by atoms with E-state index in [-0.39, 0.29) is 57.5 Å². The zero-order chi connectivity index (χ0) is 88.7. The Labute approximate surface area is 757 Å². The summed E-state index contributed by atoms with van der Waals surface area (Å²) in [5, 5.41) is 20.4. The molecule has 27 nitrogen and oxygen atoms in total. The van der Waals surface area contributed by atoms with Crippen LogP contribution in [-0.2, 0) is 84.7 Å². The fourth-order valence-corrected chi connectivity index (χ4v) is 20.7. The van der Waals surface area contributed by atoms with Gasteiger partial charge in [0.2, 0.25) is 0 Å². The third-order valence-corrected chi connectivity index (χ3v) is 28.4. The molecule has 0 atom stereocenters. The lowest BCUT2D eigenvalue weighted by molar-refractivity contribution is -0.0745. The smallest absolute Gasteiger partial charge is 0.276 e. The van der Waals surface area contributed by atoms with Crippen molar-refractivity contribution >= 4 is 40.5 Å². The molecule has 5 spiro atoms. The maximum atomic E-state index is 12.9. The predicted octanol–water partition coefficient (Wildman–Crippen LogP) is 16.8. The molecule has 5 saturated heterocycles. The van der Waals surface area contributed by atoms with Crippen molar-refractivity contribution in [3.8, 4) is 34.3 Å². The molecule has 25 rings (SSSR count). The van der Waals surface area contributed by atoms with E-state index in [0.717, 1.165) is 105 Å². The van der Waals surface area contributed by atoms with Crippen molar-refractivity contribution in [2.75, 3.05) is 85.8 Å². The maximum absolute atomic E-state index is 12.9. The second-order valence-corrected chi connectivity index (χ2v) is 35.7. The summed E-state index contributed by atoms with van der Waals surface area (Å²) >= 11 is 0. The van der Waals surface area contributed by atoms with Gasteiger partial charge in [-0.1, -0.05) is 149 Å². The van der Waals surface area contributed by atoms with Crippen LogP contribution in [0.5, 0.6) is 17.2 Å². The third kappa shape index (κ3) is 16.6. The van der Waals surface area contributed by atoms with Gasteiger partial charge in [-0.2, -0.15) is 0 Å². The minimum atomic E-state index is -0.258. The van der Waals surface area contributed by atoms with Crippen LogP contribution >= 0.6 is 0 Å². The maximum Gasteiger partial charge on any atom is 0.276 e. The number of nitrogens with zero attached hydrogens (tertiary/aromatic N) is 11. The number of rotatable bonds is 9. The first-order valence-electron chi connectivity index (χ1n) is 45.6. The highest BCUT2D eigenvalue weighted by Crippen LogP contribution is 2.51. The van der Waals surface area contributed by atoms with Crippen LogP contribution < -0.4 is 14.2 Å². The number of piperidine rings is 5. The average molecular weight is 1760 g/mol. The molecular formula is C104H101N11O16. The standard InChI is InChI=1S/C23H22N2O4.C21H20N4O2.C21H21NO4.C20H18N2O3.C19H20N2O3/c1-27-18-8-6-16(7-9-18)21-14-20(24-29-21)22(26)25-12-10-23(11-13-25)19-5-3-2-4-17(19)15-28-23;26-20(16-5-7-18(8-6-16)25-14-22-23-15-25)24-11-9-21(10-12-24)19-4-2-1-3-17(19)13-27-21;23-20(15-5-6-18-19(13-15)25-12-11-24-18)22-9-7-21(8-10-22)17-4-2-1-3-16(17)14-26-21;23-19(18-15-6-2-4-8-17(15)25-21-18)22-11-9-20(10-12-22)16-7-3-1-5-14(16)13-24-20;22-18(16-11-17(24-20-16)13-5-6-13)21-9-7-19(8-10-21)15-4-2-1-3-14(15)12-23-19/h2-9,14H,10-13,15H2,1H3;1-8,14-15H,9-13H2;1-6,13H,7-12,14H2;1-8H,9-13H2;1-4,11,13H,5-10,12H2. The molecule has 13 aromatic rings. The number of para-hydroxylation sites is 1. The lowest BCUT2D eigenvalue weighted by atomic mass is 9.83. The molecule has 0 bridgehead atoms. The monoisotopic (exact) mass is 1760 g/mol. The highest BCUT2D eigenvalue weighted by Gasteiger charge is 2.49. The number of ether oxygens (including phenoxy) is 8. The lowest BCUT2D eigenvalue weighted by Gasteiger charge is -2.39. The highest BCUT2D eigenvalue weighted by molar-refractivity contribution is 6.04. The second-order valence-electron chi connectivity index (χ2n) is 35.7. The molecule has 1 aliphatic carbocycles. The molecule has 27 heteroatoms. The number of hydrogen-bond donors (Lipinski definition) is 0. The van der Waals surface area contributed by atoms with Gasteiger partial charge in [0.15, 0.2) is 39.9 Å².